The summed E-state index contributed by atoms with van der Waals surface area (Å²) in [6, 6.07) is 16.6. The molecular formula is C26H32N3O4P. The van der Waals surface area contributed by atoms with Crippen molar-refractivity contribution in [3.05, 3.63) is 48.0 Å². The summed E-state index contributed by atoms with van der Waals surface area (Å²) in [5.41, 5.74) is 4.29. The second kappa shape index (κ2) is 10.2. The highest BCUT2D eigenvalue weighted by molar-refractivity contribution is 7.55. The first-order chi connectivity index (χ1) is 16.5. The maximum atomic E-state index is 13.2. The quantitative estimate of drug-likeness (QED) is 0.293. The number of aromatic nitrogens is 1. The van der Waals surface area contributed by atoms with E-state index in [9.17, 15) is 9.83 Å². The minimum Gasteiger partial charge on any atom is -0.494 e. The molecule has 0 radical (unpaired) electrons. The van der Waals surface area contributed by atoms with E-state index in [1.807, 2.05) is 43.3 Å². The van der Waals surface area contributed by atoms with E-state index in [4.69, 9.17) is 13.8 Å². The summed E-state index contributed by atoms with van der Waals surface area (Å²) in [7, 11) is -1.72. The van der Waals surface area contributed by atoms with Crippen molar-refractivity contribution in [1.29, 1.82) is 5.26 Å². The van der Waals surface area contributed by atoms with Gasteiger partial charge in [-0.3, -0.25) is 13.7 Å². The normalized spacial score (nSPS) is 14.1. The lowest BCUT2D eigenvalue weighted by Gasteiger charge is -2.30. The van der Waals surface area contributed by atoms with E-state index in [-0.39, 0.29) is 13.2 Å². The third-order valence-corrected chi connectivity index (χ3v) is 8.44. The van der Waals surface area contributed by atoms with Crippen molar-refractivity contribution in [3.8, 4) is 23.1 Å². The molecule has 180 valence electrons. The summed E-state index contributed by atoms with van der Waals surface area (Å²) in [5.74, 6) is 0.767. The zero-order valence-corrected chi connectivity index (χ0v) is 21.2. The van der Waals surface area contributed by atoms with Crippen LogP contribution in [0, 0.1) is 11.3 Å². The molecule has 0 saturated heterocycles. The van der Waals surface area contributed by atoms with Gasteiger partial charge >= 0.3 is 7.75 Å². The summed E-state index contributed by atoms with van der Waals surface area (Å²) in [5, 5.41) is 11.1. The van der Waals surface area contributed by atoms with Gasteiger partial charge in [-0.05, 0) is 75.9 Å². The van der Waals surface area contributed by atoms with Crippen molar-refractivity contribution < 1.29 is 18.3 Å². The number of hydrogen-bond acceptors (Lipinski definition) is 5. The molecule has 1 saturated carbocycles. The molecule has 1 aliphatic rings. The maximum Gasteiger partial charge on any atom is 0.435 e. The van der Waals surface area contributed by atoms with E-state index in [0.717, 1.165) is 46.4 Å². The third-order valence-electron chi connectivity index (χ3n) is 6.30. The van der Waals surface area contributed by atoms with Crippen molar-refractivity contribution in [2.24, 2.45) is 0 Å². The van der Waals surface area contributed by atoms with Crippen LogP contribution in [-0.4, -0.2) is 31.4 Å². The van der Waals surface area contributed by atoms with Gasteiger partial charge in [0.15, 0.2) is 0 Å². The molecule has 1 aliphatic carbocycles. The zero-order valence-electron chi connectivity index (χ0n) is 20.3. The van der Waals surface area contributed by atoms with Gasteiger partial charge in [0.25, 0.3) is 0 Å². The first-order valence-electron chi connectivity index (χ1n) is 11.9. The Morgan fingerprint density at radius 2 is 1.74 bits per heavy atom. The minimum absolute atomic E-state index is 0.288. The molecule has 3 aromatic rings. The summed E-state index contributed by atoms with van der Waals surface area (Å²) < 4.78 is 33.7. The number of benzene rings is 2. The molecule has 7 nitrogen and oxygen atoms in total. The molecule has 0 aliphatic heterocycles. The topological polar surface area (TPSA) is 76.7 Å². The molecule has 1 aromatic heterocycles. The van der Waals surface area contributed by atoms with E-state index in [1.54, 1.807) is 25.6 Å². The van der Waals surface area contributed by atoms with Crippen LogP contribution in [0.3, 0.4) is 0 Å². The molecule has 0 atom stereocenters. The molecule has 0 N–H and O–H groups in total. The predicted octanol–water partition coefficient (Wildman–Crippen LogP) is 6.92. The van der Waals surface area contributed by atoms with Crippen LogP contribution in [0.1, 0.15) is 51.6 Å². The number of anilines is 1. The van der Waals surface area contributed by atoms with E-state index in [0.29, 0.717) is 18.2 Å². The fraction of sp³-hybridized carbons (Fsp3) is 0.423. The fourth-order valence-electron chi connectivity index (χ4n) is 4.48. The molecule has 0 amide bonds. The number of fused-ring (bicyclic) bond motifs is 1. The molecule has 2 aromatic carbocycles. The molecule has 0 bridgehead atoms. The predicted molar refractivity (Wildman–Crippen MR) is 135 cm³/mol. The summed E-state index contributed by atoms with van der Waals surface area (Å²) in [6.45, 7) is 6.69. The van der Waals surface area contributed by atoms with Gasteiger partial charge in [0.1, 0.15) is 11.8 Å². The summed E-state index contributed by atoms with van der Waals surface area (Å²) >= 11 is 0. The lowest BCUT2D eigenvalue weighted by atomic mass is 9.92. The maximum absolute atomic E-state index is 13.2. The Balaban J connectivity index is 1.80. The number of hydrogen-bond donors (Lipinski definition) is 0. The minimum atomic E-state index is -3.43. The molecule has 0 unspecified atom stereocenters. The van der Waals surface area contributed by atoms with Crippen molar-refractivity contribution in [2.45, 2.75) is 46.1 Å². The number of rotatable bonds is 10. The van der Waals surface area contributed by atoms with Gasteiger partial charge in [0.05, 0.1) is 36.6 Å². The van der Waals surface area contributed by atoms with Gasteiger partial charge in [-0.25, -0.2) is 4.57 Å². The fourth-order valence-corrected chi connectivity index (χ4v) is 5.97. The Kier molecular flexibility index (Phi) is 7.33. The highest BCUT2D eigenvalue weighted by atomic mass is 31.2. The lowest BCUT2D eigenvalue weighted by molar-refractivity contribution is 0.219. The molecule has 0 spiro atoms. The van der Waals surface area contributed by atoms with Crippen LogP contribution < -0.4 is 9.41 Å². The van der Waals surface area contributed by atoms with Crippen molar-refractivity contribution >= 4 is 24.3 Å². The Hall–Kier alpha value is -2.78. The molecule has 1 fully saturated rings. The van der Waals surface area contributed by atoms with Crippen molar-refractivity contribution in [3.63, 3.8) is 0 Å². The second-order valence-corrected chi connectivity index (χ2v) is 10.3. The van der Waals surface area contributed by atoms with Crippen LogP contribution in [-0.2, 0) is 13.6 Å². The van der Waals surface area contributed by atoms with E-state index >= 15 is 0 Å². The van der Waals surface area contributed by atoms with Crippen molar-refractivity contribution in [1.82, 2.24) is 4.57 Å². The third kappa shape index (κ3) is 4.34. The van der Waals surface area contributed by atoms with Gasteiger partial charge in [0.2, 0.25) is 0 Å². The van der Waals surface area contributed by atoms with Gasteiger partial charge < -0.3 is 9.30 Å². The molecule has 4 rings (SSSR count). The van der Waals surface area contributed by atoms with E-state index < -0.39 is 7.75 Å². The largest absolute Gasteiger partial charge is 0.494 e. The average Bonchev–Trinajstić information content (AvgIpc) is 3.11. The monoisotopic (exact) mass is 481 g/mol. The van der Waals surface area contributed by atoms with Gasteiger partial charge in [-0.15, -0.1) is 0 Å². The Bertz CT molecular complexity index is 1230. The Labute approximate surface area is 201 Å². The average molecular weight is 482 g/mol. The lowest BCUT2D eigenvalue weighted by Crippen LogP contribution is -2.18. The first kappa shape index (κ1) is 24.3. The Morgan fingerprint density at radius 3 is 2.26 bits per heavy atom. The summed E-state index contributed by atoms with van der Waals surface area (Å²) in [4.78, 5) is 0. The van der Waals surface area contributed by atoms with Gasteiger partial charge in [-0.1, -0.05) is 12.1 Å². The van der Waals surface area contributed by atoms with Crippen LogP contribution in [0.2, 0.25) is 0 Å². The van der Waals surface area contributed by atoms with Crippen LogP contribution in [0.15, 0.2) is 42.5 Å². The zero-order chi connectivity index (χ0) is 24.3. The summed E-state index contributed by atoms with van der Waals surface area (Å²) in [6.07, 6.45) is 3.39. The van der Waals surface area contributed by atoms with Crippen LogP contribution in [0.5, 0.6) is 5.75 Å². The van der Waals surface area contributed by atoms with E-state index in [1.165, 1.54) is 6.42 Å². The number of nitriles is 1. The van der Waals surface area contributed by atoms with Crippen LogP contribution in [0.25, 0.3) is 22.2 Å². The van der Waals surface area contributed by atoms with Crippen molar-refractivity contribution in [2.75, 3.05) is 31.5 Å². The second-order valence-electron chi connectivity index (χ2n) is 8.28. The SMILES string of the molecule is CCOc1ccc2c(c1)c(C#N)c(-c1ccc(N(C)P(=O)(OCC)OCC)cc1)n2C1CCC1. The van der Waals surface area contributed by atoms with Gasteiger partial charge in [0, 0.05) is 24.2 Å². The highest BCUT2D eigenvalue weighted by Crippen LogP contribution is 2.53. The highest BCUT2D eigenvalue weighted by Gasteiger charge is 2.31. The molecule has 1 heterocycles. The van der Waals surface area contributed by atoms with Crippen LogP contribution in [0.4, 0.5) is 5.69 Å². The van der Waals surface area contributed by atoms with Crippen LogP contribution >= 0.6 is 7.75 Å². The number of ether oxygens (including phenoxy) is 1. The van der Waals surface area contributed by atoms with Gasteiger partial charge in [-0.2, -0.15) is 5.26 Å². The molecule has 8 heteroatoms. The smallest absolute Gasteiger partial charge is 0.435 e. The first-order valence-corrected chi connectivity index (χ1v) is 13.4. The Morgan fingerprint density at radius 1 is 1.06 bits per heavy atom. The molecular weight excluding hydrogens is 449 g/mol. The van der Waals surface area contributed by atoms with E-state index in [2.05, 4.69) is 16.7 Å². The standard InChI is InChI=1S/C26H32N3O4P/c1-5-31-22-15-16-25-23(17-22)24(18-27)26(29(25)21-9-8-10-21)19-11-13-20(14-12-19)28(4)34(30,32-6-2)33-7-3/h11-17,21H,5-10H2,1-4H3. The molecule has 34 heavy (non-hydrogen) atoms. The number of nitrogens with zero attached hydrogens (tertiary/aromatic N) is 3.